The van der Waals surface area contributed by atoms with Crippen molar-refractivity contribution >= 4 is 10.9 Å². The number of hydrogen-bond acceptors (Lipinski definition) is 3. The fourth-order valence-corrected chi connectivity index (χ4v) is 3.34. The lowest BCUT2D eigenvalue weighted by molar-refractivity contribution is -0.127. The maximum absolute atomic E-state index is 13.2. The number of nitrogens with one attached hydrogen (secondary N) is 2. The molecule has 1 aliphatic carbocycles. The van der Waals surface area contributed by atoms with Crippen LogP contribution < -0.4 is 10.1 Å². The molecule has 3 rings (SSSR count). The summed E-state index contributed by atoms with van der Waals surface area (Å²) in [6.45, 7) is -1.67. The van der Waals surface area contributed by atoms with Crippen LogP contribution in [0.25, 0.3) is 10.9 Å². The number of H-pyrrole nitrogens is 1. The van der Waals surface area contributed by atoms with Crippen LogP contribution >= 0.6 is 0 Å². The first-order valence-corrected chi connectivity index (χ1v) is 9.13. The van der Waals surface area contributed by atoms with Crippen LogP contribution in [0, 0.1) is 0 Å². The van der Waals surface area contributed by atoms with Gasteiger partial charge < -0.3 is 19.8 Å². The van der Waals surface area contributed by atoms with E-state index in [-0.39, 0.29) is 12.7 Å². The molecule has 0 spiro atoms. The second kappa shape index (κ2) is 9.28. The monoisotopic (exact) mass is 370 g/mol. The number of ether oxygens (including phenoxy) is 2. The third-order valence-electron chi connectivity index (χ3n) is 4.74. The summed E-state index contributed by atoms with van der Waals surface area (Å²) in [6, 6.07) is 5.94. The van der Waals surface area contributed by atoms with Gasteiger partial charge in [-0.2, -0.15) is 8.78 Å². The summed E-state index contributed by atoms with van der Waals surface area (Å²) in [4.78, 5) is 3.24. The molecule has 4 nitrogen and oxygen atoms in total. The number of rotatable bonds is 9. The zero-order chi connectivity index (χ0) is 18.4. The van der Waals surface area contributed by atoms with E-state index >= 15 is 0 Å². The lowest BCUT2D eigenvalue weighted by Gasteiger charge is -2.25. The van der Waals surface area contributed by atoms with Crippen LogP contribution in [0.15, 0.2) is 24.4 Å². The lowest BCUT2D eigenvalue weighted by atomic mass is 9.96. The van der Waals surface area contributed by atoms with Gasteiger partial charge in [0, 0.05) is 23.6 Å². The minimum absolute atomic E-state index is 0.00926. The highest BCUT2D eigenvalue weighted by Crippen LogP contribution is 2.28. The Morgan fingerprint density at radius 3 is 2.73 bits per heavy atom. The van der Waals surface area contributed by atoms with Crippen molar-refractivity contribution in [2.75, 3.05) is 19.7 Å². The molecule has 1 aliphatic rings. The molecular formula is C19H25F3N2O2. The van der Waals surface area contributed by atoms with E-state index in [4.69, 9.17) is 4.74 Å². The van der Waals surface area contributed by atoms with Crippen LogP contribution in [-0.4, -0.2) is 43.6 Å². The van der Waals surface area contributed by atoms with Crippen LogP contribution in [0.5, 0.6) is 5.75 Å². The topological polar surface area (TPSA) is 46.3 Å². The Hall–Kier alpha value is -1.73. The van der Waals surface area contributed by atoms with Crippen molar-refractivity contribution in [2.24, 2.45) is 0 Å². The van der Waals surface area contributed by atoms with E-state index in [0.717, 1.165) is 41.5 Å². The Morgan fingerprint density at radius 1 is 1.15 bits per heavy atom. The van der Waals surface area contributed by atoms with Crippen LogP contribution in [0.2, 0.25) is 0 Å². The van der Waals surface area contributed by atoms with Crippen molar-refractivity contribution in [1.82, 2.24) is 10.3 Å². The van der Waals surface area contributed by atoms with Crippen molar-refractivity contribution < 1.29 is 22.6 Å². The lowest BCUT2D eigenvalue weighted by Crippen LogP contribution is -2.24. The standard InChI is InChI=1S/C19H25F3N2O2/c20-14-1-3-15(4-2-14)26-16-5-6-18-17(11-16)13(12-24-18)7-8-23-9-10-25-19(21)22/h5-6,11-12,14-15,19,23-24H,1-4,7-10H2. The SMILES string of the molecule is FC1CCC(Oc2ccc3[nH]cc(CCNCCOC(F)F)c3c2)CC1. The van der Waals surface area contributed by atoms with Crippen molar-refractivity contribution in [3.8, 4) is 5.75 Å². The molecule has 0 saturated heterocycles. The normalized spacial score (nSPS) is 20.8. The molecule has 26 heavy (non-hydrogen) atoms. The number of halogens is 3. The molecule has 1 aromatic carbocycles. The Kier molecular flexibility index (Phi) is 6.80. The highest BCUT2D eigenvalue weighted by Gasteiger charge is 2.22. The van der Waals surface area contributed by atoms with Crippen LogP contribution in [0.3, 0.4) is 0 Å². The van der Waals surface area contributed by atoms with E-state index < -0.39 is 12.8 Å². The number of fused-ring (bicyclic) bond motifs is 1. The quantitative estimate of drug-likeness (QED) is 0.651. The first-order valence-electron chi connectivity index (χ1n) is 9.13. The molecule has 0 atom stereocenters. The number of alkyl halides is 3. The zero-order valence-corrected chi connectivity index (χ0v) is 14.6. The molecule has 2 N–H and O–H groups in total. The predicted molar refractivity (Wildman–Crippen MR) is 94.6 cm³/mol. The zero-order valence-electron chi connectivity index (χ0n) is 14.6. The van der Waals surface area contributed by atoms with Gasteiger partial charge in [-0.05, 0) is 62.4 Å². The van der Waals surface area contributed by atoms with Gasteiger partial charge in [0.25, 0.3) is 0 Å². The van der Waals surface area contributed by atoms with Gasteiger partial charge in [-0.3, -0.25) is 0 Å². The fraction of sp³-hybridized carbons (Fsp3) is 0.579. The second-order valence-electron chi connectivity index (χ2n) is 6.64. The van der Waals surface area contributed by atoms with Gasteiger partial charge in [0.1, 0.15) is 11.9 Å². The molecule has 1 saturated carbocycles. The summed E-state index contributed by atoms with van der Waals surface area (Å²) in [5.74, 6) is 0.805. The molecule has 0 unspecified atom stereocenters. The average molecular weight is 370 g/mol. The van der Waals surface area contributed by atoms with Gasteiger partial charge in [-0.25, -0.2) is 4.39 Å². The van der Waals surface area contributed by atoms with E-state index in [0.29, 0.717) is 25.9 Å². The van der Waals surface area contributed by atoms with Gasteiger partial charge in [-0.15, -0.1) is 0 Å². The Morgan fingerprint density at radius 2 is 1.96 bits per heavy atom. The second-order valence-corrected chi connectivity index (χ2v) is 6.64. The summed E-state index contributed by atoms with van der Waals surface area (Å²) in [6.07, 6.45) is 4.77. The molecular weight excluding hydrogens is 345 g/mol. The molecule has 2 aromatic rings. The molecule has 0 radical (unpaired) electrons. The molecule has 144 valence electrons. The van der Waals surface area contributed by atoms with Crippen LogP contribution in [-0.2, 0) is 11.2 Å². The predicted octanol–water partition coefficient (Wildman–Crippen LogP) is 4.20. The van der Waals surface area contributed by atoms with Crippen molar-refractivity contribution in [3.63, 3.8) is 0 Å². The molecule has 1 aromatic heterocycles. The van der Waals surface area contributed by atoms with E-state index in [1.165, 1.54) is 0 Å². The number of benzene rings is 1. The Balaban J connectivity index is 1.52. The van der Waals surface area contributed by atoms with Crippen molar-refractivity contribution in [2.45, 2.75) is 51.0 Å². The highest BCUT2D eigenvalue weighted by atomic mass is 19.3. The maximum Gasteiger partial charge on any atom is 0.345 e. The molecule has 0 amide bonds. The van der Waals surface area contributed by atoms with Gasteiger partial charge in [-0.1, -0.05) is 0 Å². The molecule has 7 heteroatoms. The van der Waals surface area contributed by atoms with Crippen molar-refractivity contribution in [1.29, 1.82) is 0 Å². The van der Waals surface area contributed by atoms with E-state index in [1.807, 2.05) is 24.4 Å². The van der Waals surface area contributed by atoms with Crippen LogP contribution in [0.4, 0.5) is 13.2 Å². The fourth-order valence-electron chi connectivity index (χ4n) is 3.34. The minimum atomic E-state index is -2.72. The number of aromatic amines is 1. The van der Waals surface area contributed by atoms with Gasteiger partial charge in [0.2, 0.25) is 0 Å². The minimum Gasteiger partial charge on any atom is -0.490 e. The maximum atomic E-state index is 13.2. The Labute approximate surface area is 151 Å². The first-order chi connectivity index (χ1) is 12.6. The largest absolute Gasteiger partial charge is 0.490 e. The number of aromatic nitrogens is 1. The van der Waals surface area contributed by atoms with Gasteiger partial charge in [0.15, 0.2) is 0 Å². The smallest absolute Gasteiger partial charge is 0.345 e. The first kappa shape index (κ1) is 19.0. The summed E-state index contributed by atoms with van der Waals surface area (Å²) in [7, 11) is 0. The summed E-state index contributed by atoms with van der Waals surface area (Å²) >= 11 is 0. The Bertz CT molecular complexity index is 684. The van der Waals surface area contributed by atoms with Crippen LogP contribution in [0.1, 0.15) is 31.2 Å². The average Bonchev–Trinajstić information content (AvgIpc) is 3.02. The van der Waals surface area contributed by atoms with Gasteiger partial charge >= 0.3 is 6.61 Å². The summed E-state index contributed by atoms with van der Waals surface area (Å²) in [5, 5.41) is 4.18. The number of hydrogen-bond donors (Lipinski definition) is 2. The molecule has 1 fully saturated rings. The summed E-state index contributed by atoms with van der Waals surface area (Å²) in [5.41, 5.74) is 2.17. The molecule has 0 bridgehead atoms. The third-order valence-corrected chi connectivity index (χ3v) is 4.74. The van der Waals surface area contributed by atoms with Crippen molar-refractivity contribution in [3.05, 3.63) is 30.0 Å². The highest BCUT2D eigenvalue weighted by molar-refractivity contribution is 5.84. The molecule has 1 heterocycles. The molecule has 0 aliphatic heterocycles. The van der Waals surface area contributed by atoms with E-state index in [9.17, 15) is 13.2 Å². The summed E-state index contributed by atoms with van der Waals surface area (Å²) < 4.78 is 47.2. The van der Waals surface area contributed by atoms with E-state index in [1.54, 1.807) is 0 Å². The van der Waals surface area contributed by atoms with Gasteiger partial charge in [0.05, 0.1) is 12.7 Å². The third kappa shape index (κ3) is 5.38. The van der Waals surface area contributed by atoms with E-state index in [2.05, 4.69) is 15.0 Å².